The molecule has 0 unspecified atom stereocenters. The maximum Gasteiger partial charge on any atom is 0.247 e. The number of oxime groups is 1. The number of nitrogens with one attached hydrogen (secondary N) is 2. The Morgan fingerprint density at radius 2 is 1.71 bits per heavy atom. The van der Waals surface area contributed by atoms with Gasteiger partial charge in [-0.3, -0.25) is 9.78 Å². The molecule has 3 aromatic carbocycles. The van der Waals surface area contributed by atoms with Gasteiger partial charge in [-0.05, 0) is 65.2 Å². The van der Waals surface area contributed by atoms with E-state index in [1.165, 1.54) is 0 Å². The number of benzene rings is 3. The van der Waals surface area contributed by atoms with Crippen LogP contribution in [0.1, 0.15) is 28.3 Å². The van der Waals surface area contributed by atoms with Crippen molar-refractivity contribution < 1.29 is 19.5 Å². The summed E-state index contributed by atoms with van der Waals surface area (Å²) in [4.78, 5) is 17.4. The Morgan fingerprint density at radius 3 is 2.39 bits per heavy atom. The number of carbonyl (C=O) groups excluding carboxylic acids is 1. The van der Waals surface area contributed by atoms with Gasteiger partial charge in [0.1, 0.15) is 12.6 Å². The molecule has 0 aliphatic carbocycles. The van der Waals surface area contributed by atoms with Gasteiger partial charge in [0, 0.05) is 30.2 Å². The van der Waals surface area contributed by atoms with E-state index in [-0.39, 0.29) is 11.7 Å². The third-order valence-electron chi connectivity index (χ3n) is 5.84. The highest BCUT2D eigenvalue weighted by Gasteiger charge is 2.22. The second kappa shape index (κ2) is 12.8. The number of hydrogen-bond donors (Lipinski definition) is 4. The summed E-state index contributed by atoms with van der Waals surface area (Å²) in [7, 11) is 1.56. The Balaban J connectivity index is 1.57. The molecule has 38 heavy (non-hydrogen) atoms. The highest BCUT2D eigenvalue weighted by molar-refractivity contribution is 5.97. The SMILES string of the molecule is COc1cc([C@H](Nc2ccc(C(N)=NO)cc2)C(=O)NCc2ccccc2)ccc1OCc1ccncc1. The number of ether oxygens (including phenoxy) is 2. The van der Waals surface area contributed by atoms with Crippen LogP contribution >= 0.6 is 0 Å². The lowest BCUT2D eigenvalue weighted by Crippen LogP contribution is -2.33. The van der Waals surface area contributed by atoms with Gasteiger partial charge in [-0.25, -0.2) is 0 Å². The topological polar surface area (TPSA) is 131 Å². The molecule has 1 heterocycles. The van der Waals surface area contributed by atoms with Crippen LogP contribution in [0.2, 0.25) is 0 Å². The standard InChI is InChI=1S/C29H29N5O4/c1-37-26-17-23(9-12-25(26)38-19-21-13-15-31-16-14-21)27(29(35)32-18-20-5-3-2-4-6-20)33-24-10-7-22(8-11-24)28(30)34-36/h2-17,27,33,36H,18-19H2,1H3,(H2,30,34)(H,32,35)/t27-/m0/s1. The lowest BCUT2D eigenvalue weighted by Gasteiger charge is -2.22. The molecule has 1 amide bonds. The lowest BCUT2D eigenvalue weighted by atomic mass is 10.0. The maximum absolute atomic E-state index is 13.4. The van der Waals surface area contributed by atoms with E-state index in [1.54, 1.807) is 55.9 Å². The first-order valence-electron chi connectivity index (χ1n) is 11.9. The molecule has 194 valence electrons. The van der Waals surface area contributed by atoms with Crippen molar-refractivity contribution in [1.82, 2.24) is 10.3 Å². The fourth-order valence-electron chi connectivity index (χ4n) is 3.77. The Bertz CT molecular complexity index is 1360. The zero-order valence-electron chi connectivity index (χ0n) is 20.9. The molecule has 5 N–H and O–H groups in total. The van der Waals surface area contributed by atoms with E-state index in [1.807, 2.05) is 48.5 Å². The normalized spacial score (nSPS) is 11.9. The maximum atomic E-state index is 13.4. The smallest absolute Gasteiger partial charge is 0.247 e. The molecule has 1 atom stereocenters. The molecular weight excluding hydrogens is 482 g/mol. The summed E-state index contributed by atoms with van der Waals surface area (Å²) in [6.07, 6.45) is 3.42. The molecular formula is C29H29N5O4. The summed E-state index contributed by atoms with van der Waals surface area (Å²) >= 11 is 0. The van der Waals surface area contributed by atoms with Crippen molar-refractivity contribution in [2.75, 3.05) is 12.4 Å². The van der Waals surface area contributed by atoms with Gasteiger partial charge in [0.15, 0.2) is 17.3 Å². The van der Waals surface area contributed by atoms with Gasteiger partial charge in [-0.15, -0.1) is 0 Å². The first-order valence-corrected chi connectivity index (χ1v) is 11.9. The van der Waals surface area contributed by atoms with E-state index in [0.29, 0.717) is 41.5 Å². The molecule has 1 aromatic heterocycles. The molecule has 0 bridgehead atoms. The number of hydrogen-bond acceptors (Lipinski definition) is 7. The van der Waals surface area contributed by atoms with Crippen molar-refractivity contribution in [1.29, 1.82) is 0 Å². The fraction of sp³-hybridized carbons (Fsp3) is 0.138. The van der Waals surface area contributed by atoms with Crippen LogP contribution in [-0.4, -0.2) is 29.0 Å². The summed E-state index contributed by atoms with van der Waals surface area (Å²) in [6.45, 7) is 0.731. The van der Waals surface area contributed by atoms with Crippen molar-refractivity contribution in [3.63, 3.8) is 0 Å². The number of pyridine rings is 1. The van der Waals surface area contributed by atoms with Crippen LogP contribution in [-0.2, 0) is 17.9 Å². The number of aromatic nitrogens is 1. The lowest BCUT2D eigenvalue weighted by molar-refractivity contribution is -0.122. The van der Waals surface area contributed by atoms with Gasteiger partial charge < -0.3 is 31.0 Å². The predicted octanol–water partition coefficient (Wildman–Crippen LogP) is 4.23. The third-order valence-corrected chi connectivity index (χ3v) is 5.84. The molecule has 4 aromatic rings. The summed E-state index contributed by atoms with van der Waals surface area (Å²) in [5.74, 6) is 0.837. The zero-order chi connectivity index (χ0) is 26.7. The number of methoxy groups -OCH3 is 1. The first-order chi connectivity index (χ1) is 18.6. The minimum Gasteiger partial charge on any atom is -0.493 e. The number of amidine groups is 1. The molecule has 0 aliphatic heterocycles. The monoisotopic (exact) mass is 511 g/mol. The molecule has 9 heteroatoms. The van der Waals surface area contributed by atoms with Crippen LogP contribution in [0, 0.1) is 0 Å². The Morgan fingerprint density at radius 1 is 0.974 bits per heavy atom. The second-order valence-corrected chi connectivity index (χ2v) is 8.40. The van der Waals surface area contributed by atoms with Crippen LogP contribution < -0.4 is 25.8 Å². The van der Waals surface area contributed by atoms with E-state index >= 15 is 0 Å². The molecule has 0 fully saturated rings. The van der Waals surface area contributed by atoms with Crippen LogP contribution in [0.3, 0.4) is 0 Å². The van der Waals surface area contributed by atoms with Gasteiger partial charge in [-0.2, -0.15) is 0 Å². The average Bonchev–Trinajstić information content (AvgIpc) is 2.98. The quantitative estimate of drug-likeness (QED) is 0.103. The molecule has 0 saturated heterocycles. The van der Waals surface area contributed by atoms with E-state index in [4.69, 9.17) is 20.4 Å². The van der Waals surface area contributed by atoms with E-state index in [9.17, 15) is 4.79 Å². The fourth-order valence-corrected chi connectivity index (χ4v) is 3.77. The predicted molar refractivity (Wildman–Crippen MR) is 145 cm³/mol. The molecule has 9 nitrogen and oxygen atoms in total. The van der Waals surface area contributed by atoms with E-state index < -0.39 is 6.04 Å². The largest absolute Gasteiger partial charge is 0.493 e. The molecule has 0 spiro atoms. The second-order valence-electron chi connectivity index (χ2n) is 8.40. The van der Waals surface area contributed by atoms with E-state index in [0.717, 1.165) is 11.1 Å². The molecule has 4 rings (SSSR count). The summed E-state index contributed by atoms with van der Waals surface area (Å²) < 4.78 is 11.6. The molecule has 0 radical (unpaired) electrons. The summed E-state index contributed by atoms with van der Waals surface area (Å²) in [6, 6.07) is 25.0. The highest BCUT2D eigenvalue weighted by atomic mass is 16.5. The van der Waals surface area contributed by atoms with Gasteiger partial charge >= 0.3 is 0 Å². The van der Waals surface area contributed by atoms with Crippen LogP contribution in [0.15, 0.2) is 102 Å². The Hall–Kier alpha value is -5.05. The van der Waals surface area contributed by atoms with E-state index in [2.05, 4.69) is 20.8 Å². The highest BCUT2D eigenvalue weighted by Crippen LogP contribution is 2.32. The number of amides is 1. The number of carbonyl (C=O) groups is 1. The Kier molecular flexibility index (Phi) is 8.75. The first kappa shape index (κ1) is 26.0. The minimum atomic E-state index is -0.739. The van der Waals surface area contributed by atoms with Crippen molar-refractivity contribution in [2.24, 2.45) is 10.9 Å². The van der Waals surface area contributed by atoms with Gasteiger partial charge in [0.2, 0.25) is 5.91 Å². The van der Waals surface area contributed by atoms with Gasteiger partial charge in [-0.1, -0.05) is 41.6 Å². The Labute approximate surface area is 220 Å². The van der Waals surface area contributed by atoms with Gasteiger partial charge in [0.25, 0.3) is 0 Å². The number of anilines is 1. The molecule has 0 aliphatic rings. The van der Waals surface area contributed by atoms with Gasteiger partial charge in [0.05, 0.1) is 7.11 Å². The van der Waals surface area contributed by atoms with Crippen LogP contribution in [0.5, 0.6) is 11.5 Å². The number of nitrogens with two attached hydrogens (primary N) is 1. The van der Waals surface area contributed by atoms with Crippen molar-refractivity contribution in [3.8, 4) is 11.5 Å². The zero-order valence-corrected chi connectivity index (χ0v) is 20.9. The number of nitrogens with zero attached hydrogens (tertiary/aromatic N) is 2. The minimum absolute atomic E-state index is 0.000736. The summed E-state index contributed by atoms with van der Waals surface area (Å²) in [5.41, 5.74) is 9.55. The average molecular weight is 512 g/mol. The third kappa shape index (κ3) is 6.79. The van der Waals surface area contributed by atoms with Crippen molar-refractivity contribution in [3.05, 3.63) is 120 Å². The van der Waals surface area contributed by atoms with Crippen molar-refractivity contribution in [2.45, 2.75) is 19.2 Å². The van der Waals surface area contributed by atoms with Crippen LogP contribution in [0.4, 0.5) is 5.69 Å². The molecule has 0 saturated carbocycles. The van der Waals surface area contributed by atoms with Crippen LogP contribution in [0.25, 0.3) is 0 Å². The number of rotatable bonds is 11. The van der Waals surface area contributed by atoms with Crippen molar-refractivity contribution >= 4 is 17.4 Å². The summed E-state index contributed by atoms with van der Waals surface area (Å²) in [5, 5.41) is 18.2.